The van der Waals surface area contributed by atoms with Gasteiger partial charge in [0.25, 0.3) is 11.8 Å². The van der Waals surface area contributed by atoms with Gasteiger partial charge in [-0.2, -0.15) is 0 Å². The van der Waals surface area contributed by atoms with Crippen LogP contribution in [0.25, 0.3) is 11.0 Å². The van der Waals surface area contributed by atoms with Crippen molar-refractivity contribution in [1.29, 1.82) is 0 Å². The highest BCUT2D eigenvalue weighted by Crippen LogP contribution is 2.28. The van der Waals surface area contributed by atoms with Crippen molar-refractivity contribution in [3.8, 4) is 0 Å². The van der Waals surface area contributed by atoms with Crippen LogP contribution in [0.3, 0.4) is 0 Å². The van der Waals surface area contributed by atoms with Crippen molar-refractivity contribution in [2.75, 3.05) is 22.6 Å². The Morgan fingerprint density at radius 2 is 1.73 bits per heavy atom. The molecular formula is C28H30ClN5O3. The van der Waals surface area contributed by atoms with Crippen LogP contribution in [0, 0.1) is 19.8 Å². The summed E-state index contributed by atoms with van der Waals surface area (Å²) in [6.45, 7) is 7.59. The van der Waals surface area contributed by atoms with Crippen LogP contribution in [0.5, 0.6) is 0 Å². The van der Waals surface area contributed by atoms with E-state index >= 15 is 0 Å². The summed E-state index contributed by atoms with van der Waals surface area (Å²) in [4.78, 5) is 34.2. The lowest BCUT2D eigenvalue weighted by molar-refractivity contribution is 0.101. The molecule has 0 aliphatic heterocycles. The maximum absolute atomic E-state index is 13.5. The number of aliphatic hydroxyl groups is 1. The summed E-state index contributed by atoms with van der Waals surface area (Å²) in [6, 6.07) is 15.7. The molecule has 1 aromatic heterocycles. The summed E-state index contributed by atoms with van der Waals surface area (Å²) in [6.07, 6.45) is 0. The number of H-pyrrole nitrogens is 1. The van der Waals surface area contributed by atoms with Crippen LogP contribution in [0.1, 0.15) is 45.7 Å². The average Bonchev–Trinajstić information content (AvgIpc) is 3.27. The van der Waals surface area contributed by atoms with E-state index in [4.69, 9.17) is 11.6 Å². The first-order valence-corrected chi connectivity index (χ1v) is 12.4. The van der Waals surface area contributed by atoms with Gasteiger partial charge in [-0.15, -0.1) is 0 Å². The van der Waals surface area contributed by atoms with Gasteiger partial charge in [0.1, 0.15) is 5.52 Å². The largest absolute Gasteiger partial charge is 0.394 e. The molecule has 9 heteroatoms. The third-order valence-electron chi connectivity index (χ3n) is 6.32. The number of nitrogens with one attached hydrogen (secondary N) is 4. The van der Waals surface area contributed by atoms with E-state index in [1.807, 2.05) is 39.8 Å². The third-order valence-corrected chi connectivity index (χ3v) is 6.73. The van der Waals surface area contributed by atoms with Gasteiger partial charge in [-0.3, -0.25) is 9.59 Å². The van der Waals surface area contributed by atoms with Crippen LogP contribution in [0.15, 0.2) is 54.6 Å². The Balaban J connectivity index is 1.74. The molecule has 0 spiro atoms. The molecule has 0 saturated heterocycles. The molecule has 3 aromatic carbocycles. The van der Waals surface area contributed by atoms with Crippen LogP contribution in [0.2, 0.25) is 5.02 Å². The number of halogens is 1. The van der Waals surface area contributed by atoms with E-state index < -0.39 is 5.91 Å². The number of carbonyl (C=O) groups excluding carboxylic acids is 2. The number of amides is 2. The van der Waals surface area contributed by atoms with Crippen LogP contribution in [0.4, 0.5) is 17.3 Å². The molecule has 0 radical (unpaired) electrons. The van der Waals surface area contributed by atoms with E-state index in [1.165, 1.54) is 0 Å². The van der Waals surface area contributed by atoms with Gasteiger partial charge in [-0.25, -0.2) is 4.98 Å². The van der Waals surface area contributed by atoms with Gasteiger partial charge in [0.15, 0.2) is 0 Å². The molecule has 0 aliphatic rings. The van der Waals surface area contributed by atoms with Crippen molar-refractivity contribution < 1.29 is 14.7 Å². The molecule has 1 atom stereocenters. The fraction of sp³-hybridized carbons (Fsp3) is 0.250. The van der Waals surface area contributed by atoms with E-state index in [0.29, 0.717) is 38.9 Å². The van der Waals surface area contributed by atoms with Gasteiger partial charge in [0.05, 0.1) is 23.7 Å². The van der Waals surface area contributed by atoms with E-state index in [1.54, 1.807) is 42.5 Å². The Morgan fingerprint density at radius 3 is 2.43 bits per heavy atom. The number of benzene rings is 3. The second-order valence-electron chi connectivity index (χ2n) is 9.32. The zero-order valence-corrected chi connectivity index (χ0v) is 21.9. The molecule has 2 amide bonds. The van der Waals surface area contributed by atoms with Crippen molar-refractivity contribution in [1.82, 2.24) is 9.97 Å². The van der Waals surface area contributed by atoms with Crippen LogP contribution >= 0.6 is 11.6 Å². The predicted molar refractivity (Wildman–Crippen MR) is 149 cm³/mol. The molecule has 4 rings (SSSR count). The minimum atomic E-state index is -0.400. The van der Waals surface area contributed by atoms with Crippen molar-refractivity contribution in [2.45, 2.75) is 33.7 Å². The first-order valence-electron chi connectivity index (χ1n) is 12.0. The van der Waals surface area contributed by atoms with Gasteiger partial charge in [-0.1, -0.05) is 49.7 Å². The van der Waals surface area contributed by atoms with E-state index in [-0.39, 0.29) is 30.0 Å². The lowest BCUT2D eigenvalue weighted by Gasteiger charge is -2.18. The Hall–Kier alpha value is -3.88. The predicted octanol–water partition coefficient (Wildman–Crippen LogP) is 5.77. The summed E-state index contributed by atoms with van der Waals surface area (Å²) in [5, 5.41) is 19.3. The number of anilines is 3. The molecule has 0 fully saturated rings. The van der Waals surface area contributed by atoms with Crippen molar-refractivity contribution in [2.24, 2.45) is 5.92 Å². The summed E-state index contributed by atoms with van der Waals surface area (Å²) in [7, 11) is 0. The molecule has 0 saturated carbocycles. The maximum Gasteiger partial charge on any atom is 0.258 e. The Kier molecular flexibility index (Phi) is 7.80. The second kappa shape index (κ2) is 11.0. The zero-order valence-electron chi connectivity index (χ0n) is 21.1. The first kappa shape index (κ1) is 26.2. The number of aryl methyl sites for hydroxylation is 1. The minimum Gasteiger partial charge on any atom is -0.394 e. The highest BCUT2D eigenvalue weighted by molar-refractivity contribution is 6.31. The van der Waals surface area contributed by atoms with Gasteiger partial charge in [0, 0.05) is 22.0 Å². The fourth-order valence-electron chi connectivity index (χ4n) is 3.99. The van der Waals surface area contributed by atoms with Crippen molar-refractivity contribution in [3.05, 3.63) is 81.9 Å². The number of nitrogens with zero attached hydrogens (tertiary/aromatic N) is 1. The average molecular weight is 520 g/mol. The van der Waals surface area contributed by atoms with E-state index in [9.17, 15) is 14.7 Å². The lowest BCUT2D eigenvalue weighted by Crippen LogP contribution is -2.29. The number of hydrogen-bond donors (Lipinski definition) is 5. The van der Waals surface area contributed by atoms with E-state index in [0.717, 1.165) is 11.1 Å². The number of rotatable bonds is 8. The number of fused-ring (bicyclic) bond motifs is 1. The molecule has 0 bridgehead atoms. The van der Waals surface area contributed by atoms with Crippen molar-refractivity contribution >= 4 is 51.8 Å². The second-order valence-corrected chi connectivity index (χ2v) is 9.73. The molecule has 1 heterocycles. The lowest BCUT2D eigenvalue weighted by atomic mass is 10.1. The number of aromatic amines is 1. The molecular weight excluding hydrogens is 490 g/mol. The smallest absolute Gasteiger partial charge is 0.258 e. The Morgan fingerprint density at radius 1 is 1.00 bits per heavy atom. The summed E-state index contributed by atoms with van der Waals surface area (Å²) >= 11 is 6.24. The summed E-state index contributed by atoms with van der Waals surface area (Å²) < 4.78 is 0. The SMILES string of the molecule is Cc1ccccc1C(=O)Nc1cc(C(=O)Nc2cccc(Cl)c2C)c2nc(N[C@@H](CO)C(C)C)[nH]c2c1. The molecule has 8 nitrogen and oxygen atoms in total. The number of hydrogen-bond acceptors (Lipinski definition) is 5. The monoisotopic (exact) mass is 519 g/mol. The van der Waals surface area contributed by atoms with Crippen LogP contribution < -0.4 is 16.0 Å². The third kappa shape index (κ3) is 5.76. The number of carbonyl (C=O) groups is 2. The van der Waals surface area contributed by atoms with Crippen LogP contribution in [-0.4, -0.2) is 39.5 Å². The van der Waals surface area contributed by atoms with Crippen LogP contribution in [-0.2, 0) is 0 Å². The number of aromatic nitrogens is 2. The molecule has 5 N–H and O–H groups in total. The summed E-state index contributed by atoms with van der Waals surface area (Å²) in [5.41, 5.74) is 4.38. The molecule has 37 heavy (non-hydrogen) atoms. The summed E-state index contributed by atoms with van der Waals surface area (Å²) in [5.74, 6) is -0.121. The quantitative estimate of drug-likeness (QED) is 0.202. The standard InChI is InChI=1S/C28H30ClN5O3/c1-15(2)24(14-35)33-28-32-23-13-18(30-26(36)19-9-6-5-8-16(19)3)12-20(25(23)34-28)27(37)31-22-11-7-10-21(29)17(22)4/h5-13,15,24,35H,14H2,1-4H3,(H,30,36)(H,31,37)(H2,32,33,34)/t24-/m0/s1. The molecule has 0 unspecified atom stereocenters. The topological polar surface area (TPSA) is 119 Å². The maximum atomic E-state index is 13.5. The fourth-order valence-corrected chi connectivity index (χ4v) is 4.16. The first-order chi connectivity index (χ1) is 17.7. The minimum absolute atomic E-state index is 0.0756. The highest BCUT2D eigenvalue weighted by Gasteiger charge is 2.20. The Labute approximate surface area is 220 Å². The van der Waals surface area contributed by atoms with Gasteiger partial charge in [0.2, 0.25) is 5.95 Å². The molecule has 0 aliphatic carbocycles. The normalized spacial score (nSPS) is 12.0. The van der Waals surface area contributed by atoms with Crippen molar-refractivity contribution in [3.63, 3.8) is 0 Å². The molecule has 4 aromatic rings. The zero-order chi connectivity index (χ0) is 26.7. The van der Waals surface area contributed by atoms with Gasteiger partial charge < -0.3 is 26.0 Å². The number of aliphatic hydroxyl groups excluding tert-OH is 1. The van der Waals surface area contributed by atoms with E-state index in [2.05, 4.69) is 25.9 Å². The van der Waals surface area contributed by atoms with Gasteiger partial charge in [-0.05, 0) is 61.2 Å². The van der Waals surface area contributed by atoms with Gasteiger partial charge >= 0.3 is 0 Å². The Bertz CT molecular complexity index is 1460. The number of imidazole rings is 1. The highest BCUT2D eigenvalue weighted by atomic mass is 35.5. The molecule has 192 valence electrons.